The molecule has 1 amide bonds. The third-order valence-corrected chi connectivity index (χ3v) is 17.6. The molecule has 0 aromatic heterocycles. The van der Waals surface area contributed by atoms with E-state index in [0.717, 1.165) is 89.9 Å². The Hall–Kier alpha value is -2.55. The molecule has 508 valence electrons. The van der Waals surface area contributed by atoms with Crippen molar-refractivity contribution in [3.05, 3.63) is 72.9 Å². The molecular formula is C77H143N2O7P. The predicted molar refractivity (Wildman–Crippen MR) is 376 cm³/mol. The third kappa shape index (κ3) is 67.7. The van der Waals surface area contributed by atoms with Crippen LogP contribution in [0.25, 0.3) is 0 Å². The number of nitrogens with one attached hydrogen (secondary N) is 1. The van der Waals surface area contributed by atoms with Crippen LogP contribution in [0, 0.1) is 0 Å². The molecule has 0 saturated heterocycles. The normalized spacial score (nSPS) is 13.9. The molecule has 0 aliphatic rings. The number of carbonyl (C=O) groups is 2. The summed E-state index contributed by atoms with van der Waals surface area (Å²) in [6, 6.07) is -0.891. The molecule has 0 spiro atoms. The number of rotatable bonds is 68. The van der Waals surface area contributed by atoms with Gasteiger partial charge < -0.3 is 28.5 Å². The minimum Gasteiger partial charge on any atom is -0.756 e. The Bertz CT molecular complexity index is 1720. The number of allylic oxidation sites excluding steroid dienone is 11. The fourth-order valence-electron chi connectivity index (χ4n) is 11.0. The molecule has 0 aromatic carbocycles. The van der Waals surface area contributed by atoms with E-state index in [2.05, 4.69) is 86.8 Å². The summed E-state index contributed by atoms with van der Waals surface area (Å²) in [5.41, 5.74) is 0. The number of amides is 1. The number of nitrogens with zero attached hydrogens (tertiary/aromatic N) is 1. The minimum atomic E-state index is -4.71. The van der Waals surface area contributed by atoms with Crippen molar-refractivity contribution >= 4 is 19.7 Å². The van der Waals surface area contributed by atoms with Gasteiger partial charge in [-0.3, -0.25) is 14.2 Å². The third-order valence-electron chi connectivity index (χ3n) is 16.7. The summed E-state index contributed by atoms with van der Waals surface area (Å²) >= 11 is 0. The van der Waals surface area contributed by atoms with Gasteiger partial charge in [-0.2, -0.15) is 0 Å². The molecule has 0 radical (unpaired) electrons. The summed E-state index contributed by atoms with van der Waals surface area (Å²) in [5, 5.41) is 3.05. The maximum Gasteiger partial charge on any atom is 0.306 e. The van der Waals surface area contributed by atoms with Gasteiger partial charge in [-0.15, -0.1) is 0 Å². The molecule has 0 rings (SSSR count). The standard InChI is InChI=1S/C77H143N2O7P/c1-7-10-13-16-19-22-25-28-30-32-34-36-37-38-39-40-41-43-45-47-49-52-55-58-61-64-67-70-77(81)86-75(68-65-62-59-56-53-50-27-24-21-18-15-12-9-3)74(73-85-87(82,83)84-72-71-79(4,5)6)78-76(80)69-66-63-60-57-54-51-48-46-44-42-35-33-31-29-26-23-20-17-14-11-8-2/h10,13,19,22,28,30,34,36,38-39,65,68,74-75H,7-9,11-12,14-18,20-21,23-27,29,31-33,35,37,40-64,66-67,69-73H2,1-6H3,(H-,78,80,82,83)/b13-10-,22-19-,30-28-,36-34-,39-38-,68-65+. The van der Waals surface area contributed by atoms with Crippen molar-refractivity contribution in [2.24, 2.45) is 0 Å². The topological polar surface area (TPSA) is 114 Å². The van der Waals surface area contributed by atoms with Crippen LogP contribution in [0.4, 0.5) is 0 Å². The second-order valence-electron chi connectivity index (χ2n) is 26.4. The largest absolute Gasteiger partial charge is 0.756 e. The fraction of sp³-hybridized carbons (Fsp3) is 0.818. The summed E-state index contributed by atoms with van der Waals surface area (Å²) in [4.78, 5) is 40.3. The van der Waals surface area contributed by atoms with Crippen LogP contribution in [-0.4, -0.2) is 69.4 Å². The first-order chi connectivity index (χ1) is 42.4. The number of hydrogen-bond donors (Lipinski definition) is 1. The van der Waals surface area contributed by atoms with Gasteiger partial charge in [-0.05, 0) is 76.7 Å². The van der Waals surface area contributed by atoms with Gasteiger partial charge in [0, 0.05) is 12.8 Å². The quantitative estimate of drug-likeness (QED) is 0.0212. The lowest BCUT2D eigenvalue weighted by Crippen LogP contribution is -2.47. The summed E-state index contributed by atoms with van der Waals surface area (Å²) in [6.07, 6.45) is 87.4. The van der Waals surface area contributed by atoms with Crippen molar-refractivity contribution in [3.63, 3.8) is 0 Å². The number of quaternary nitrogens is 1. The van der Waals surface area contributed by atoms with Gasteiger partial charge in [0.1, 0.15) is 19.3 Å². The van der Waals surface area contributed by atoms with Gasteiger partial charge in [-0.1, -0.05) is 338 Å². The Morgan fingerprint density at radius 3 is 1.10 bits per heavy atom. The van der Waals surface area contributed by atoms with Gasteiger partial charge in [-0.25, -0.2) is 0 Å². The van der Waals surface area contributed by atoms with E-state index in [-0.39, 0.29) is 31.5 Å². The van der Waals surface area contributed by atoms with Crippen molar-refractivity contribution in [2.45, 2.75) is 367 Å². The number of unbranched alkanes of at least 4 members (excludes halogenated alkanes) is 42. The summed E-state index contributed by atoms with van der Waals surface area (Å²) < 4.78 is 30.5. The highest BCUT2D eigenvalue weighted by atomic mass is 31.2. The molecule has 0 heterocycles. The molecule has 87 heavy (non-hydrogen) atoms. The number of likely N-dealkylation sites (N-methyl/N-ethyl adjacent to an activating group) is 1. The first-order valence-corrected chi connectivity index (χ1v) is 38.7. The van der Waals surface area contributed by atoms with Gasteiger partial charge in [0.15, 0.2) is 0 Å². The predicted octanol–water partition coefficient (Wildman–Crippen LogP) is 23.3. The van der Waals surface area contributed by atoms with E-state index in [1.807, 2.05) is 33.3 Å². The highest BCUT2D eigenvalue weighted by molar-refractivity contribution is 7.45. The van der Waals surface area contributed by atoms with E-state index < -0.39 is 20.0 Å². The van der Waals surface area contributed by atoms with Crippen LogP contribution in [0.1, 0.15) is 355 Å². The molecule has 0 fully saturated rings. The van der Waals surface area contributed by atoms with Crippen molar-refractivity contribution in [3.8, 4) is 0 Å². The van der Waals surface area contributed by atoms with Gasteiger partial charge in [0.2, 0.25) is 5.91 Å². The lowest BCUT2D eigenvalue weighted by Gasteiger charge is -2.30. The number of phosphoric ester groups is 1. The molecule has 0 bridgehead atoms. The van der Waals surface area contributed by atoms with Crippen molar-refractivity contribution in [2.75, 3.05) is 40.9 Å². The molecule has 0 aliphatic heterocycles. The Balaban J connectivity index is 5.04. The molecule has 10 heteroatoms. The van der Waals surface area contributed by atoms with Crippen LogP contribution in [-0.2, 0) is 27.9 Å². The average Bonchev–Trinajstić information content (AvgIpc) is 3.70. The Morgan fingerprint density at radius 1 is 0.414 bits per heavy atom. The van der Waals surface area contributed by atoms with Gasteiger partial charge in [0.25, 0.3) is 7.82 Å². The zero-order valence-corrected chi connectivity index (χ0v) is 59.1. The molecule has 3 atom stereocenters. The van der Waals surface area contributed by atoms with Gasteiger partial charge >= 0.3 is 5.97 Å². The van der Waals surface area contributed by atoms with Crippen LogP contribution >= 0.6 is 7.82 Å². The lowest BCUT2D eigenvalue weighted by molar-refractivity contribution is -0.870. The molecular weight excluding hydrogens is 1100 g/mol. The Kier molecular flexibility index (Phi) is 64.4. The second kappa shape index (κ2) is 66.4. The number of ether oxygens (including phenoxy) is 1. The fourth-order valence-corrected chi connectivity index (χ4v) is 11.7. The monoisotopic (exact) mass is 1240 g/mol. The molecule has 0 saturated carbocycles. The zero-order valence-electron chi connectivity index (χ0n) is 58.2. The minimum absolute atomic E-state index is 0.0223. The first kappa shape index (κ1) is 84.5. The lowest BCUT2D eigenvalue weighted by atomic mass is 10.0. The Morgan fingerprint density at radius 2 is 0.736 bits per heavy atom. The first-order valence-electron chi connectivity index (χ1n) is 37.2. The average molecular weight is 1240 g/mol. The maximum absolute atomic E-state index is 13.6. The number of hydrogen-bond acceptors (Lipinski definition) is 7. The van der Waals surface area contributed by atoms with Crippen LogP contribution in [0.3, 0.4) is 0 Å². The highest BCUT2D eigenvalue weighted by Gasteiger charge is 2.27. The number of esters is 1. The van der Waals surface area contributed by atoms with Crippen molar-refractivity contribution < 1.29 is 37.3 Å². The van der Waals surface area contributed by atoms with Crippen LogP contribution in [0.5, 0.6) is 0 Å². The smallest absolute Gasteiger partial charge is 0.306 e. The summed E-state index contributed by atoms with van der Waals surface area (Å²) in [7, 11) is 1.19. The summed E-state index contributed by atoms with van der Waals surface area (Å²) in [5.74, 6) is -0.529. The van der Waals surface area contributed by atoms with Crippen molar-refractivity contribution in [1.82, 2.24) is 5.32 Å². The van der Waals surface area contributed by atoms with E-state index in [0.29, 0.717) is 17.4 Å². The number of carbonyl (C=O) groups excluding carboxylic acids is 2. The van der Waals surface area contributed by atoms with Crippen LogP contribution < -0.4 is 10.2 Å². The molecule has 9 nitrogen and oxygen atoms in total. The number of phosphoric acid groups is 1. The molecule has 1 N–H and O–H groups in total. The Labute approximate surface area is 540 Å². The maximum atomic E-state index is 13.6. The van der Waals surface area contributed by atoms with Crippen molar-refractivity contribution in [1.29, 1.82) is 0 Å². The zero-order chi connectivity index (χ0) is 63.5. The van der Waals surface area contributed by atoms with Gasteiger partial charge in [0.05, 0.1) is 33.8 Å². The second-order valence-corrected chi connectivity index (χ2v) is 27.8. The molecule has 0 aliphatic carbocycles. The van der Waals surface area contributed by atoms with E-state index in [1.54, 1.807) is 0 Å². The van der Waals surface area contributed by atoms with Crippen LogP contribution in [0.15, 0.2) is 72.9 Å². The van der Waals surface area contributed by atoms with E-state index in [1.165, 1.54) is 231 Å². The van der Waals surface area contributed by atoms with Crippen LogP contribution in [0.2, 0.25) is 0 Å². The SMILES string of the molecule is CC/C=C\C/C=C\C/C=C\C/C=C\C/C=C\CCCCCCCCCCCCCC(=O)OC(/C=C/CCCCCCCCCCCCC)C(COP(=O)([O-])OCC[N+](C)(C)C)NC(=O)CCCCCCCCCCCCCCCCCCCCCCC. The highest BCUT2D eigenvalue weighted by Crippen LogP contribution is 2.38. The van der Waals surface area contributed by atoms with E-state index >= 15 is 0 Å². The summed E-state index contributed by atoms with van der Waals surface area (Å²) in [6.45, 7) is 6.78. The molecule has 0 aromatic rings. The van der Waals surface area contributed by atoms with E-state index in [9.17, 15) is 19.0 Å². The van der Waals surface area contributed by atoms with E-state index in [4.69, 9.17) is 13.8 Å². The molecule has 3 unspecified atom stereocenters.